The summed E-state index contributed by atoms with van der Waals surface area (Å²) in [6, 6.07) is 13.5. The number of aromatic amines is 1. The second-order valence-electron chi connectivity index (χ2n) is 10.7. The topological polar surface area (TPSA) is 156 Å². The van der Waals surface area contributed by atoms with Crippen molar-refractivity contribution in [3.63, 3.8) is 0 Å². The Balaban J connectivity index is 1.58. The fraction of sp³-hybridized carbons (Fsp3) is 0.387. The van der Waals surface area contributed by atoms with Crippen molar-refractivity contribution in [2.75, 3.05) is 33.7 Å². The molecule has 2 unspecified atom stereocenters. The van der Waals surface area contributed by atoms with Gasteiger partial charge < -0.3 is 25.4 Å². The summed E-state index contributed by atoms with van der Waals surface area (Å²) < 4.78 is 5.12. The number of benzene rings is 2. The van der Waals surface area contributed by atoms with Crippen LogP contribution in [0.3, 0.4) is 0 Å². The van der Waals surface area contributed by atoms with Gasteiger partial charge in [-0.05, 0) is 84.7 Å². The zero-order valence-electron chi connectivity index (χ0n) is 23.9. The van der Waals surface area contributed by atoms with Crippen LogP contribution in [-0.2, 0) is 23.1 Å². The van der Waals surface area contributed by atoms with E-state index in [1.54, 1.807) is 18.0 Å². The minimum Gasteiger partial charge on any atom is -0.388 e. The molecule has 2 heterocycles. The minimum atomic E-state index is -0.951. The molecule has 0 radical (unpaired) electrons. The number of H-pyrrole nitrogens is 1. The molecule has 1 aliphatic carbocycles. The Morgan fingerprint density at radius 1 is 1.14 bits per heavy atom. The zero-order chi connectivity index (χ0) is 29.9. The molecule has 11 nitrogen and oxygen atoms in total. The van der Waals surface area contributed by atoms with Crippen LogP contribution < -0.4 is 21.7 Å². The number of hydrogen-bond acceptors (Lipinski definition) is 8. The van der Waals surface area contributed by atoms with E-state index in [0.29, 0.717) is 50.2 Å². The predicted octanol–water partition coefficient (Wildman–Crippen LogP) is 1.84. The summed E-state index contributed by atoms with van der Waals surface area (Å²) in [5, 5.41) is 21.3. The lowest BCUT2D eigenvalue weighted by atomic mass is 9.69. The number of nitrogens with zero attached hydrogens (tertiary/aromatic N) is 3. The van der Waals surface area contributed by atoms with Crippen molar-refractivity contribution in [2.24, 2.45) is 0 Å². The smallest absolute Gasteiger partial charge is 0.388 e. The van der Waals surface area contributed by atoms with E-state index in [1.807, 2.05) is 31.3 Å². The number of likely N-dealkylation sites (tertiary alicyclic amines) is 1. The van der Waals surface area contributed by atoms with Gasteiger partial charge in [-0.1, -0.05) is 24.8 Å². The third-order valence-electron chi connectivity index (χ3n) is 8.45. The molecule has 0 bridgehead atoms. The van der Waals surface area contributed by atoms with Gasteiger partial charge in [0.15, 0.2) is 5.82 Å². The summed E-state index contributed by atoms with van der Waals surface area (Å²) in [5.41, 5.74) is 5.16. The van der Waals surface area contributed by atoms with Gasteiger partial charge in [0.2, 0.25) is 5.91 Å². The summed E-state index contributed by atoms with van der Waals surface area (Å²) in [7, 11) is 3.42. The largest absolute Gasteiger partial charge is 0.459 e. The fourth-order valence-electron chi connectivity index (χ4n) is 6.29. The van der Waals surface area contributed by atoms with Crippen LogP contribution in [0, 0.1) is 11.3 Å². The van der Waals surface area contributed by atoms with Crippen LogP contribution in [0.4, 0.5) is 0 Å². The molecule has 0 saturated carbocycles. The van der Waals surface area contributed by atoms with E-state index >= 15 is 0 Å². The normalized spacial score (nSPS) is 19.3. The van der Waals surface area contributed by atoms with Gasteiger partial charge in [-0.15, -0.1) is 0 Å². The van der Waals surface area contributed by atoms with Gasteiger partial charge in [0.05, 0.1) is 18.0 Å². The SMILES string of the molecule is C=C(NC)c1ccc2c(c1)CCc1cc(C(=O)NC)ccc1C2(CCNCC(=O)N1CCCC1C#N)c1nc(=O)o[nH]1. The molecule has 2 aromatic carbocycles. The molecule has 0 spiro atoms. The van der Waals surface area contributed by atoms with Crippen molar-refractivity contribution >= 4 is 17.5 Å². The third kappa shape index (κ3) is 5.21. The zero-order valence-corrected chi connectivity index (χ0v) is 23.9. The molecule has 2 atom stereocenters. The number of rotatable bonds is 9. The standard InChI is InChI=1S/C31H35N7O4/c1-19(33-2)20-8-10-25-21(15-20)6-7-22-16-23(28(40)34-3)9-11-26(22)31(25,29-36-30(41)42-37-29)12-13-35-18-27(39)38-14-4-5-24(38)17-32/h8-11,15-16,24,33,35H,1,4-7,12-14,18H2,2-3H3,(H,34,40)(H,36,37,41). The fourth-order valence-corrected chi connectivity index (χ4v) is 6.29. The van der Waals surface area contributed by atoms with Gasteiger partial charge in [-0.25, -0.2) is 9.95 Å². The molecule has 1 aliphatic heterocycles. The monoisotopic (exact) mass is 569 g/mol. The maximum atomic E-state index is 12.9. The average Bonchev–Trinajstić information content (AvgIpc) is 3.66. The Morgan fingerprint density at radius 3 is 2.45 bits per heavy atom. The summed E-state index contributed by atoms with van der Waals surface area (Å²) in [6.45, 7) is 5.18. The molecule has 2 aliphatic rings. The summed E-state index contributed by atoms with van der Waals surface area (Å²) >= 11 is 0. The lowest BCUT2D eigenvalue weighted by Gasteiger charge is -2.35. The lowest BCUT2D eigenvalue weighted by molar-refractivity contribution is -0.130. The minimum absolute atomic E-state index is 0.0832. The number of carbonyl (C=O) groups excluding carboxylic acids is 2. The van der Waals surface area contributed by atoms with Crippen LogP contribution >= 0.6 is 0 Å². The van der Waals surface area contributed by atoms with Crippen molar-refractivity contribution in [1.82, 2.24) is 31.0 Å². The Hall–Kier alpha value is -4.69. The number of hydrogen-bond donors (Lipinski definition) is 4. The van der Waals surface area contributed by atoms with Crippen LogP contribution in [-0.4, -0.2) is 66.6 Å². The first-order chi connectivity index (χ1) is 20.3. The molecule has 218 valence electrons. The first-order valence-corrected chi connectivity index (χ1v) is 14.1. The maximum Gasteiger partial charge on any atom is 0.459 e. The molecule has 1 saturated heterocycles. The van der Waals surface area contributed by atoms with Crippen LogP contribution in [0.5, 0.6) is 0 Å². The molecule has 4 N–H and O–H groups in total. The van der Waals surface area contributed by atoms with Gasteiger partial charge in [0.1, 0.15) is 6.04 Å². The maximum absolute atomic E-state index is 12.9. The molecule has 5 rings (SSSR count). The number of aryl methyl sites for hydroxylation is 2. The van der Waals surface area contributed by atoms with Crippen molar-refractivity contribution in [3.8, 4) is 6.07 Å². The average molecular weight is 570 g/mol. The molecule has 3 aromatic rings. The second-order valence-corrected chi connectivity index (χ2v) is 10.7. The molecule has 1 fully saturated rings. The quantitative estimate of drug-likeness (QED) is 0.285. The van der Waals surface area contributed by atoms with E-state index in [0.717, 1.165) is 39.9 Å². The highest BCUT2D eigenvalue weighted by Gasteiger charge is 2.44. The lowest BCUT2D eigenvalue weighted by Crippen LogP contribution is -2.42. The molecule has 2 amide bonds. The van der Waals surface area contributed by atoms with Gasteiger partial charge in [0, 0.05) is 31.9 Å². The van der Waals surface area contributed by atoms with E-state index < -0.39 is 11.2 Å². The van der Waals surface area contributed by atoms with E-state index in [2.05, 4.69) is 44.8 Å². The van der Waals surface area contributed by atoms with Crippen molar-refractivity contribution in [2.45, 2.75) is 43.6 Å². The number of nitriles is 1. The number of carbonyl (C=O) groups is 2. The number of amides is 2. The van der Waals surface area contributed by atoms with Crippen molar-refractivity contribution < 1.29 is 14.1 Å². The Kier molecular flexibility index (Phi) is 8.27. The van der Waals surface area contributed by atoms with E-state index in [-0.39, 0.29) is 24.4 Å². The molecule has 42 heavy (non-hydrogen) atoms. The summed E-state index contributed by atoms with van der Waals surface area (Å²) in [6.07, 6.45) is 3.28. The van der Waals surface area contributed by atoms with E-state index in [1.165, 1.54) is 0 Å². The highest BCUT2D eigenvalue weighted by atomic mass is 16.5. The third-order valence-corrected chi connectivity index (χ3v) is 8.45. The van der Waals surface area contributed by atoms with Gasteiger partial charge >= 0.3 is 5.76 Å². The second kappa shape index (κ2) is 12.0. The Labute approximate surface area is 244 Å². The number of aromatic nitrogens is 2. The number of nitrogens with one attached hydrogen (secondary N) is 4. The molecule has 11 heteroatoms. The molecule has 1 aromatic heterocycles. The summed E-state index contributed by atoms with van der Waals surface area (Å²) in [4.78, 5) is 43.7. The highest BCUT2D eigenvalue weighted by molar-refractivity contribution is 5.94. The predicted molar refractivity (Wildman–Crippen MR) is 157 cm³/mol. The van der Waals surface area contributed by atoms with Gasteiger partial charge in [-0.2, -0.15) is 10.2 Å². The Bertz CT molecular complexity index is 1550. The Morgan fingerprint density at radius 2 is 1.83 bits per heavy atom. The van der Waals surface area contributed by atoms with Crippen LogP contribution in [0.1, 0.15) is 63.3 Å². The van der Waals surface area contributed by atoms with Gasteiger partial charge in [0.25, 0.3) is 5.91 Å². The first kappa shape index (κ1) is 28.8. The van der Waals surface area contributed by atoms with Crippen molar-refractivity contribution in [3.05, 3.63) is 92.7 Å². The van der Waals surface area contributed by atoms with E-state index in [4.69, 9.17) is 4.52 Å². The number of fused-ring (bicyclic) bond motifs is 2. The van der Waals surface area contributed by atoms with Crippen molar-refractivity contribution in [1.29, 1.82) is 5.26 Å². The first-order valence-electron chi connectivity index (χ1n) is 14.1. The van der Waals surface area contributed by atoms with Crippen LogP contribution in [0.15, 0.2) is 52.3 Å². The van der Waals surface area contributed by atoms with Crippen LogP contribution in [0.25, 0.3) is 5.70 Å². The van der Waals surface area contributed by atoms with Gasteiger partial charge in [-0.3, -0.25) is 9.59 Å². The summed E-state index contributed by atoms with van der Waals surface area (Å²) in [5.74, 6) is -0.693. The molecular formula is C31H35N7O4. The molecular weight excluding hydrogens is 534 g/mol. The van der Waals surface area contributed by atoms with Crippen LogP contribution in [0.2, 0.25) is 0 Å². The van der Waals surface area contributed by atoms with E-state index in [9.17, 15) is 19.6 Å². The highest BCUT2D eigenvalue weighted by Crippen LogP contribution is 2.46.